The van der Waals surface area contributed by atoms with Gasteiger partial charge < -0.3 is 14.6 Å². The highest BCUT2D eigenvalue weighted by molar-refractivity contribution is 6.30. The monoisotopic (exact) mass is 347 g/mol. The largest absolute Gasteiger partial charge is 0.459 e. The normalized spacial score (nSPS) is 17.6. The van der Waals surface area contributed by atoms with Gasteiger partial charge in [-0.3, -0.25) is 9.59 Å². The van der Waals surface area contributed by atoms with E-state index in [4.69, 9.17) is 16.0 Å². The van der Waals surface area contributed by atoms with Crippen LogP contribution in [0.25, 0.3) is 0 Å². The maximum Gasteiger partial charge on any atom is 0.289 e. The van der Waals surface area contributed by atoms with Crippen molar-refractivity contribution in [2.24, 2.45) is 5.92 Å². The first kappa shape index (κ1) is 16.5. The minimum Gasteiger partial charge on any atom is -0.459 e. The summed E-state index contributed by atoms with van der Waals surface area (Å²) in [7, 11) is 0. The van der Waals surface area contributed by atoms with Crippen LogP contribution in [-0.4, -0.2) is 34.8 Å². The standard InChI is InChI=1S/C17H18ClN3O3/c1-11-6-8-24-15(11)17(23)21-7-2-3-12(10-21)16(22)20-14-5-4-13(18)9-19-14/h4-6,8-9,12H,2-3,7,10H2,1H3,(H,19,20,22). The minimum atomic E-state index is -0.268. The molecular formula is C17H18ClN3O3. The van der Waals surface area contributed by atoms with E-state index in [-0.39, 0.29) is 17.7 Å². The van der Waals surface area contributed by atoms with Crippen LogP contribution in [0.2, 0.25) is 5.02 Å². The van der Waals surface area contributed by atoms with Crippen LogP contribution in [0, 0.1) is 12.8 Å². The first-order chi connectivity index (χ1) is 11.5. The molecule has 0 spiro atoms. The van der Waals surface area contributed by atoms with Gasteiger partial charge in [0.25, 0.3) is 5.91 Å². The second-order valence-electron chi connectivity index (χ2n) is 5.87. The summed E-state index contributed by atoms with van der Waals surface area (Å²) in [5, 5.41) is 3.28. The van der Waals surface area contributed by atoms with Gasteiger partial charge in [-0.15, -0.1) is 0 Å². The van der Waals surface area contributed by atoms with Gasteiger partial charge in [-0.25, -0.2) is 4.98 Å². The fraction of sp³-hybridized carbons (Fsp3) is 0.353. The summed E-state index contributed by atoms with van der Waals surface area (Å²) in [6.07, 6.45) is 4.49. The van der Waals surface area contributed by atoms with E-state index in [0.29, 0.717) is 29.7 Å². The number of amides is 2. The van der Waals surface area contributed by atoms with E-state index in [1.807, 2.05) is 6.92 Å². The summed E-state index contributed by atoms with van der Waals surface area (Å²) in [5.74, 6) is 0.221. The Morgan fingerprint density at radius 1 is 1.38 bits per heavy atom. The van der Waals surface area contributed by atoms with Crippen molar-refractivity contribution >= 4 is 29.2 Å². The van der Waals surface area contributed by atoms with Gasteiger partial charge in [-0.2, -0.15) is 0 Å². The number of likely N-dealkylation sites (tertiary alicyclic amines) is 1. The number of pyridine rings is 1. The number of anilines is 1. The second-order valence-corrected chi connectivity index (χ2v) is 6.31. The predicted octanol–water partition coefficient (Wildman–Crippen LogP) is 3.13. The van der Waals surface area contributed by atoms with E-state index in [2.05, 4.69) is 10.3 Å². The summed E-state index contributed by atoms with van der Waals surface area (Å²) in [5.41, 5.74) is 0.803. The van der Waals surface area contributed by atoms with Gasteiger partial charge >= 0.3 is 0 Å². The quantitative estimate of drug-likeness (QED) is 0.925. The van der Waals surface area contributed by atoms with Crippen molar-refractivity contribution in [3.8, 4) is 0 Å². The number of aryl methyl sites for hydroxylation is 1. The zero-order valence-corrected chi connectivity index (χ0v) is 14.0. The zero-order chi connectivity index (χ0) is 17.1. The Morgan fingerprint density at radius 3 is 2.88 bits per heavy atom. The molecule has 0 aromatic carbocycles. The van der Waals surface area contributed by atoms with Crippen LogP contribution in [-0.2, 0) is 4.79 Å². The Hall–Kier alpha value is -2.34. The summed E-state index contributed by atoms with van der Waals surface area (Å²) in [4.78, 5) is 30.7. The molecule has 3 rings (SSSR count). The lowest BCUT2D eigenvalue weighted by Crippen LogP contribution is -2.43. The van der Waals surface area contributed by atoms with Gasteiger partial charge in [0, 0.05) is 24.8 Å². The molecule has 0 radical (unpaired) electrons. The number of hydrogen-bond acceptors (Lipinski definition) is 4. The number of rotatable bonds is 3. The highest BCUT2D eigenvalue weighted by atomic mass is 35.5. The Balaban J connectivity index is 1.64. The molecular weight excluding hydrogens is 330 g/mol. The SMILES string of the molecule is Cc1ccoc1C(=O)N1CCCC(C(=O)Nc2ccc(Cl)cn2)C1. The molecule has 1 saturated heterocycles. The van der Waals surface area contributed by atoms with Gasteiger partial charge in [0.15, 0.2) is 5.76 Å². The summed E-state index contributed by atoms with van der Waals surface area (Å²) in [6, 6.07) is 5.08. The van der Waals surface area contributed by atoms with E-state index < -0.39 is 0 Å². The number of halogens is 1. The minimum absolute atomic E-state index is 0.140. The van der Waals surface area contributed by atoms with Crippen molar-refractivity contribution < 1.29 is 14.0 Å². The molecule has 1 N–H and O–H groups in total. The van der Waals surface area contributed by atoms with E-state index in [0.717, 1.165) is 18.4 Å². The van der Waals surface area contributed by atoms with Crippen molar-refractivity contribution in [1.82, 2.24) is 9.88 Å². The molecule has 3 heterocycles. The molecule has 1 fully saturated rings. The Labute approximate surface area is 144 Å². The summed E-state index contributed by atoms with van der Waals surface area (Å²) < 4.78 is 5.27. The van der Waals surface area contributed by atoms with E-state index in [1.54, 1.807) is 23.1 Å². The van der Waals surface area contributed by atoms with E-state index >= 15 is 0 Å². The maximum absolute atomic E-state index is 12.5. The Morgan fingerprint density at radius 2 is 2.21 bits per heavy atom. The molecule has 1 unspecified atom stereocenters. The molecule has 1 aliphatic rings. The van der Waals surface area contributed by atoms with Crippen molar-refractivity contribution in [3.63, 3.8) is 0 Å². The fourth-order valence-corrected chi connectivity index (χ4v) is 2.90. The first-order valence-corrected chi connectivity index (χ1v) is 8.18. The van der Waals surface area contributed by atoms with Crippen LogP contribution in [0.4, 0.5) is 5.82 Å². The third kappa shape index (κ3) is 3.59. The molecule has 7 heteroatoms. The molecule has 1 aliphatic heterocycles. The third-order valence-corrected chi connectivity index (χ3v) is 4.34. The van der Waals surface area contributed by atoms with Crippen LogP contribution in [0.15, 0.2) is 35.1 Å². The fourth-order valence-electron chi connectivity index (χ4n) is 2.79. The number of nitrogens with one attached hydrogen (secondary N) is 1. The van der Waals surface area contributed by atoms with Gasteiger partial charge in [0.1, 0.15) is 5.82 Å². The molecule has 2 aromatic rings. The number of carbonyl (C=O) groups excluding carboxylic acids is 2. The molecule has 6 nitrogen and oxygen atoms in total. The zero-order valence-electron chi connectivity index (χ0n) is 13.3. The lowest BCUT2D eigenvalue weighted by molar-refractivity contribution is -0.121. The topological polar surface area (TPSA) is 75.4 Å². The Bertz CT molecular complexity index is 742. The summed E-state index contributed by atoms with van der Waals surface area (Å²) in [6.45, 7) is 2.83. The van der Waals surface area contributed by atoms with Crippen LogP contribution < -0.4 is 5.32 Å². The molecule has 1 atom stereocenters. The van der Waals surface area contributed by atoms with Crippen LogP contribution in [0.5, 0.6) is 0 Å². The molecule has 2 aromatic heterocycles. The van der Waals surface area contributed by atoms with Gasteiger partial charge in [0.2, 0.25) is 5.91 Å². The molecule has 2 amide bonds. The smallest absolute Gasteiger partial charge is 0.289 e. The van der Waals surface area contributed by atoms with Crippen molar-refractivity contribution in [1.29, 1.82) is 0 Å². The van der Waals surface area contributed by atoms with Gasteiger partial charge in [-0.05, 0) is 38.0 Å². The lowest BCUT2D eigenvalue weighted by Gasteiger charge is -2.31. The number of carbonyl (C=O) groups is 2. The highest BCUT2D eigenvalue weighted by Crippen LogP contribution is 2.22. The summed E-state index contributed by atoms with van der Waals surface area (Å²) >= 11 is 5.78. The number of aromatic nitrogens is 1. The van der Waals surface area contributed by atoms with E-state index in [1.165, 1.54) is 12.5 Å². The predicted molar refractivity (Wildman–Crippen MR) is 89.9 cm³/mol. The molecule has 126 valence electrons. The number of piperidine rings is 1. The molecule has 0 bridgehead atoms. The average Bonchev–Trinajstić information content (AvgIpc) is 3.02. The van der Waals surface area contributed by atoms with Crippen LogP contribution >= 0.6 is 11.6 Å². The lowest BCUT2D eigenvalue weighted by atomic mass is 9.96. The van der Waals surface area contributed by atoms with Crippen molar-refractivity contribution in [2.75, 3.05) is 18.4 Å². The number of hydrogen-bond donors (Lipinski definition) is 1. The van der Waals surface area contributed by atoms with Gasteiger partial charge in [-0.1, -0.05) is 11.6 Å². The highest BCUT2D eigenvalue weighted by Gasteiger charge is 2.30. The first-order valence-electron chi connectivity index (χ1n) is 7.80. The number of furan rings is 1. The van der Waals surface area contributed by atoms with Crippen molar-refractivity contribution in [2.45, 2.75) is 19.8 Å². The third-order valence-electron chi connectivity index (χ3n) is 4.11. The van der Waals surface area contributed by atoms with Gasteiger partial charge in [0.05, 0.1) is 17.2 Å². The Kier molecular flexibility index (Phi) is 4.85. The van der Waals surface area contributed by atoms with Crippen LogP contribution in [0.3, 0.4) is 0 Å². The number of nitrogens with zero attached hydrogens (tertiary/aromatic N) is 2. The van der Waals surface area contributed by atoms with Crippen LogP contribution in [0.1, 0.15) is 29.0 Å². The maximum atomic E-state index is 12.5. The molecule has 0 saturated carbocycles. The average molecular weight is 348 g/mol. The molecule has 0 aliphatic carbocycles. The second kappa shape index (κ2) is 7.05. The van der Waals surface area contributed by atoms with E-state index in [9.17, 15) is 9.59 Å². The molecule has 24 heavy (non-hydrogen) atoms. The van der Waals surface area contributed by atoms with Crippen molar-refractivity contribution in [3.05, 3.63) is 47.0 Å².